The molecule has 0 saturated carbocycles. The monoisotopic (exact) mass is 270 g/mol. The van der Waals surface area contributed by atoms with Crippen LogP contribution in [0.4, 0.5) is 8.78 Å². The van der Waals surface area contributed by atoms with Crippen LogP contribution >= 0.6 is 0 Å². The Morgan fingerprint density at radius 1 is 1.26 bits per heavy atom. The number of Topliss-reactive ketones (excluding diaryl/α,β-unsaturated/α-hetero) is 1. The second kappa shape index (κ2) is 5.47. The van der Waals surface area contributed by atoms with Crippen LogP contribution < -0.4 is 0 Å². The normalized spacial score (nSPS) is 13.1. The van der Waals surface area contributed by atoms with Crippen molar-refractivity contribution in [3.63, 3.8) is 0 Å². The Morgan fingerprint density at radius 2 is 1.84 bits per heavy atom. The van der Waals surface area contributed by atoms with Crippen LogP contribution in [0.1, 0.15) is 37.6 Å². The van der Waals surface area contributed by atoms with Gasteiger partial charge in [-0.25, -0.2) is 8.78 Å². The second-order valence-corrected chi connectivity index (χ2v) is 5.18. The molecule has 0 aliphatic carbocycles. The number of hydrogen-bond donors (Lipinski definition) is 1. The number of hydrogen-bond acceptors (Lipinski definition) is 2. The van der Waals surface area contributed by atoms with Crippen molar-refractivity contribution in [2.75, 3.05) is 0 Å². The van der Waals surface area contributed by atoms with E-state index in [0.29, 0.717) is 0 Å². The van der Waals surface area contributed by atoms with Crippen LogP contribution in [0.25, 0.3) is 0 Å². The highest BCUT2D eigenvalue weighted by molar-refractivity contribution is 5.96. The average Bonchev–Trinajstić information content (AvgIpc) is 2.32. The number of carboxylic acids is 1. The molecule has 0 aromatic heterocycles. The molecular formula is C14H16F2O3. The van der Waals surface area contributed by atoms with Crippen LogP contribution in [-0.2, 0) is 4.79 Å². The molecule has 1 aromatic carbocycles. The molecule has 0 aliphatic rings. The van der Waals surface area contributed by atoms with Gasteiger partial charge >= 0.3 is 5.97 Å². The fourth-order valence-electron chi connectivity index (χ4n) is 1.53. The van der Waals surface area contributed by atoms with Gasteiger partial charge in [0.25, 0.3) is 0 Å². The minimum atomic E-state index is -1.09. The van der Waals surface area contributed by atoms with Crippen molar-refractivity contribution in [3.05, 3.63) is 35.4 Å². The van der Waals surface area contributed by atoms with E-state index in [9.17, 15) is 18.4 Å². The molecule has 0 amide bonds. The van der Waals surface area contributed by atoms with Gasteiger partial charge in [0.15, 0.2) is 17.4 Å². The summed E-state index contributed by atoms with van der Waals surface area (Å²) >= 11 is 0. The fourth-order valence-corrected chi connectivity index (χ4v) is 1.53. The number of carbonyl (C=O) groups is 2. The molecule has 0 radical (unpaired) electrons. The Kier molecular flexibility index (Phi) is 4.39. The summed E-state index contributed by atoms with van der Waals surface area (Å²) in [5.74, 6) is -3.93. The molecule has 19 heavy (non-hydrogen) atoms. The van der Waals surface area contributed by atoms with Gasteiger partial charge in [-0.15, -0.1) is 0 Å². The lowest BCUT2D eigenvalue weighted by Gasteiger charge is -2.26. The van der Waals surface area contributed by atoms with Crippen LogP contribution in [0, 0.1) is 23.0 Å². The smallest absolute Gasteiger partial charge is 0.309 e. The van der Waals surface area contributed by atoms with E-state index in [1.165, 1.54) is 19.9 Å². The van der Waals surface area contributed by atoms with E-state index >= 15 is 0 Å². The zero-order chi connectivity index (χ0) is 14.8. The van der Waals surface area contributed by atoms with Gasteiger partial charge in [-0.3, -0.25) is 9.59 Å². The largest absolute Gasteiger partial charge is 0.481 e. The third kappa shape index (κ3) is 3.36. The Labute approximate surface area is 110 Å². The summed E-state index contributed by atoms with van der Waals surface area (Å²) in [4.78, 5) is 23.0. The van der Waals surface area contributed by atoms with Gasteiger partial charge in [0.1, 0.15) is 0 Å². The van der Waals surface area contributed by atoms with E-state index in [-0.39, 0.29) is 12.0 Å². The summed E-state index contributed by atoms with van der Waals surface area (Å²) in [6, 6.07) is 2.91. The maximum atomic E-state index is 13.0. The molecule has 3 nitrogen and oxygen atoms in total. The number of ketones is 1. The van der Waals surface area contributed by atoms with Crippen LogP contribution in [0.15, 0.2) is 18.2 Å². The minimum absolute atomic E-state index is 0.0373. The summed E-state index contributed by atoms with van der Waals surface area (Å²) in [7, 11) is 0. The molecule has 0 bridgehead atoms. The Balaban J connectivity index is 2.85. The number of benzene rings is 1. The molecule has 0 aliphatic heterocycles. The van der Waals surface area contributed by atoms with E-state index in [0.717, 1.165) is 12.1 Å². The predicted molar refractivity (Wildman–Crippen MR) is 65.9 cm³/mol. The van der Waals surface area contributed by atoms with Crippen molar-refractivity contribution >= 4 is 11.8 Å². The maximum absolute atomic E-state index is 13.0. The van der Waals surface area contributed by atoms with Crippen LogP contribution in [0.3, 0.4) is 0 Å². The molecule has 1 rings (SSSR count). The first-order chi connectivity index (χ1) is 8.66. The lowest BCUT2D eigenvalue weighted by molar-refractivity contribution is -0.149. The van der Waals surface area contributed by atoms with Crippen molar-refractivity contribution in [2.45, 2.75) is 27.2 Å². The molecular weight excluding hydrogens is 254 g/mol. The van der Waals surface area contributed by atoms with Crippen molar-refractivity contribution in [2.24, 2.45) is 11.3 Å². The summed E-state index contributed by atoms with van der Waals surface area (Å²) in [6.07, 6.45) is -0.0373. The van der Waals surface area contributed by atoms with Crippen LogP contribution in [-0.4, -0.2) is 16.9 Å². The maximum Gasteiger partial charge on any atom is 0.309 e. The zero-order valence-electron chi connectivity index (χ0n) is 11.0. The molecule has 0 heterocycles. The minimum Gasteiger partial charge on any atom is -0.481 e. The summed E-state index contributed by atoms with van der Waals surface area (Å²) < 4.78 is 25.8. The Bertz CT molecular complexity index is 509. The second-order valence-electron chi connectivity index (χ2n) is 5.18. The number of halogens is 2. The number of carboxylic acid groups (broad SMARTS) is 1. The zero-order valence-corrected chi connectivity index (χ0v) is 11.0. The topological polar surface area (TPSA) is 54.4 Å². The molecule has 104 valence electrons. The first-order valence-electron chi connectivity index (χ1n) is 5.88. The Hall–Kier alpha value is -1.78. The number of rotatable bonds is 5. The van der Waals surface area contributed by atoms with Gasteiger partial charge < -0.3 is 5.11 Å². The lowest BCUT2D eigenvalue weighted by Crippen LogP contribution is -2.32. The van der Waals surface area contributed by atoms with Gasteiger partial charge in [-0.2, -0.15) is 0 Å². The highest BCUT2D eigenvalue weighted by atomic mass is 19.2. The molecule has 0 fully saturated rings. The van der Waals surface area contributed by atoms with Gasteiger partial charge in [0.2, 0.25) is 0 Å². The van der Waals surface area contributed by atoms with Crippen molar-refractivity contribution < 1.29 is 23.5 Å². The van der Waals surface area contributed by atoms with E-state index in [4.69, 9.17) is 5.11 Å². The Morgan fingerprint density at radius 3 is 2.32 bits per heavy atom. The highest BCUT2D eigenvalue weighted by Gasteiger charge is 2.35. The van der Waals surface area contributed by atoms with Crippen LogP contribution in [0.5, 0.6) is 0 Å². The van der Waals surface area contributed by atoms with Gasteiger partial charge in [-0.05, 0) is 38.0 Å². The third-order valence-corrected chi connectivity index (χ3v) is 3.52. The average molecular weight is 270 g/mol. The number of aliphatic carboxylic acids is 1. The van der Waals surface area contributed by atoms with Gasteiger partial charge in [-0.1, -0.05) is 6.92 Å². The van der Waals surface area contributed by atoms with E-state index < -0.39 is 34.7 Å². The van der Waals surface area contributed by atoms with Gasteiger partial charge in [0.05, 0.1) is 5.41 Å². The predicted octanol–water partition coefficient (Wildman–Crippen LogP) is 3.28. The first-order valence-corrected chi connectivity index (χ1v) is 5.88. The summed E-state index contributed by atoms with van der Waals surface area (Å²) in [6.45, 7) is 4.70. The quantitative estimate of drug-likeness (QED) is 0.835. The van der Waals surface area contributed by atoms with E-state index in [1.54, 1.807) is 6.92 Å². The van der Waals surface area contributed by atoms with Crippen molar-refractivity contribution in [1.29, 1.82) is 0 Å². The summed E-state index contributed by atoms with van der Waals surface area (Å²) in [5, 5.41) is 9.05. The van der Waals surface area contributed by atoms with E-state index in [2.05, 4.69) is 0 Å². The summed E-state index contributed by atoms with van der Waals surface area (Å²) in [5.41, 5.74) is -1.01. The molecule has 0 saturated heterocycles. The van der Waals surface area contributed by atoms with Crippen molar-refractivity contribution in [1.82, 2.24) is 0 Å². The SMILES string of the molecule is CC(CC(=O)c1ccc(F)c(F)c1)C(C)(C)C(=O)O. The number of carbonyl (C=O) groups excluding carboxylic acids is 1. The van der Waals surface area contributed by atoms with Crippen molar-refractivity contribution in [3.8, 4) is 0 Å². The third-order valence-electron chi connectivity index (χ3n) is 3.52. The lowest BCUT2D eigenvalue weighted by atomic mass is 9.77. The highest BCUT2D eigenvalue weighted by Crippen LogP contribution is 2.30. The molecule has 1 aromatic rings. The molecule has 1 atom stereocenters. The standard InChI is InChI=1S/C14H16F2O3/c1-8(14(2,3)13(18)19)6-12(17)9-4-5-10(15)11(16)7-9/h4-5,7-8H,6H2,1-3H3,(H,18,19). The molecule has 5 heteroatoms. The molecule has 1 N–H and O–H groups in total. The first kappa shape index (κ1) is 15.3. The molecule has 1 unspecified atom stereocenters. The van der Waals surface area contributed by atoms with Gasteiger partial charge in [0, 0.05) is 12.0 Å². The molecule has 0 spiro atoms. The fraction of sp³-hybridized carbons (Fsp3) is 0.429. The van der Waals surface area contributed by atoms with Crippen LogP contribution in [0.2, 0.25) is 0 Å². The van der Waals surface area contributed by atoms with E-state index in [1.807, 2.05) is 0 Å².